The van der Waals surface area contributed by atoms with Gasteiger partial charge in [0, 0.05) is 6.54 Å². The Balaban J connectivity index is 2.55. The summed E-state index contributed by atoms with van der Waals surface area (Å²) >= 11 is 0. The van der Waals surface area contributed by atoms with E-state index in [1.54, 1.807) is 6.92 Å². The van der Waals surface area contributed by atoms with Crippen LogP contribution in [0.5, 0.6) is 0 Å². The van der Waals surface area contributed by atoms with Gasteiger partial charge in [-0.05, 0) is 12.5 Å². The Morgan fingerprint density at radius 3 is 2.56 bits per heavy atom. The van der Waals surface area contributed by atoms with E-state index in [4.69, 9.17) is 9.84 Å². The molecule has 5 heteroatoms. The highest BCUT2D eigenvalue weighted by Crippen LogP contribution is 2.02. The van der Waals surface area contributed by atoms with Gasteiger partial charge in [-0.2, -0.15) is 0 Å². The van der Waals surface area contributed by atoms with Gasteiger partial charge in [-0.1, -0.05) is 30.3 Å². The quantitative estimate of drug-likeness (QED) is 0.712. The number of hydrogen-bond acceptors (Lipinski definition) is 4. The molecule has 5 nitrogen and oxygen atoms in total. The molecule has 0 aliphatic rings. The molecule has 0 aromatic heterocycles. The van der Waals surface area contributed by atoms with Crippen molar-refractivity contribution in [2.75, 3.05) is 6.61 Å². The van der Waals surface area contributed by atoms with Crippen molar-refractivity contribution >= 4 is 11.9 Å². The monoisotopic (exact) mass is 251 g/mol. The van der Waals surface area contributed by atoms with Crippen LogP contribution in [-0.2, 0) is 20.9 Å². The maximum absolute atomic E-state index is 11.6. The second kappa shape index (κ2) is 7.45. The van der Waals surface area contributed by atoms with E-state index in [0.717, 1.165) is 5.56 Å². The second-order valence-corrected chi connectivity index (χ2v) is 3.77. The maximum atomic E-state index is 11.6. The SMILES string of the molecule is CCOC(=O)[C@@H](CC(=O)O)NCc1ccccc1. The second-order valence-electron chi connectivity index (χ2n) is 3.77. The normalized spacial score (nSPS) is 11.8. The summed E-state index contributed by atoms with van der Waals surface area (Å²) in [5.74, 6) is -1.57. The van der Waals surface area contributed by atoms with Crippen LogP contribution in [0.3, 0.4) is 0 Å². The van der Waals surface area contributed by atoms with Gasteiger partial charge in [0.2, 0.25) is 0 Å². The summed E-state index contributed by atoms with van der Waals surface area (Å²) < 4.78 is 4.83. The van der Waals surface area contributed by atoms with Crippen LogP contribution in [0.15, 0.2) is 30.3 Å². The summed E-state index contributed by atoms with van der Waals surface area (Å²) in [7, 11) is 0. The van der Waals surface area contributed by atoms with Crippen molar-refractivity contribution in [1.29, 1.82) is 0 Å². The van der Waals surface area contributed by atoms with Crippen molar-refractivity contribution in [3.05, 3.63) is 35.9 Å². The first-order chi connectivity index (χ1) is 8.63. The Morgan fingerprint density at radius 2 is 2.00 bits per heavy atom. The number of rotatable bonds is 7. The Morgan fingerprint density at radius 1 is 1.33 bits per heavy atom. The Labute approximate surface area is 106 Å². The number of hydrogen-bond donors (Lipinski definition) is 2. The predicted octanol–water partition coefficient (Wildman–Crippen LogP) is 1.18. The topological polar surface area (TPSA) is 75.6 Å². The van der Waals surface area contributed by atoms with E-state index in [0.29, 0.717) is 6.54 Å². The first-order valence-corrected chi connectivity index (χ1v) is 5.79. The third kappa shape index (κ3) is 4.97. The molecule has 1 aromatic carbocycles. The van der Waals surface area contributed by atoms with Crippen molar-refractivity contribution in [3.8, 4) is 0 Å². The summed E-state index contributed by atoms with van der Waals surface area (Å²) in [4.78, 5) is 22.2. The van der Waals surface area contributed by atoms with Crippen molar-refractivity contribution in [2.45, 2.75) is 25.9 Å². The fourth-order valence-electron chi connectivity index (χ4n) is 1.49. The standard InChI is InChI=1S/C13H17NO4/c1-2-18-13(17)11(8-12(15)16)14-9-10-6-4-3-5-7-10/h3-7,11,14H,2,8-9H2,1H3,(H,15,16)/t11-/m1/s1. The molecule has 0 bridgehead atoms. The Hall–Kier alpha value is -1.88. The lowest BCUT2D eigenvalue weighted by molar-refractivity contribution is -0.150. The molecule has 2 N–H and O–H groups in total. The molecule has 0 spiro atoms. The zero-order valence-electron chi connectivity index (χ0n) is 10.3. The van der Waals surface area contributed by atoms with Gasteiger partial charge in [0.15, 0.2) is 0 Å². The first kappa shape index (κ1) is 14.2. The van der Waals surface area contributed by atoms with Gasteiger partial charge in [-0.25, -0.2) is 0 Å². The van der Waals surface area contributed by atoms with Gasteiger partial charge in [0.05, 0.1) is 13.0 Å². The van der Waals surface area contributed by atoms with Crippen molar-refractivity contribution in [1.82, 2.24) is 5.32 Å². The summed E-state index contributed by atoms with van der Waals surface area (Å²) in [6, 6.07) is 8.64. The minimum absolute atomic E-state index is 0.238. The number of benzene rings is 1. The number of aliphatic carboxylic acids is 1. The van der Waals surface area contributed by atoms with Crippen LogP contribution in [-0.4, -0.2) is 29.7 Å². The first-order valence-electron chi connectivity index (χ1n) is 5.79. The van der Waals surface area contributed by atoms with Crippen LogP contribution in [0.2, 0.25) is 0 Å². The van der Waals surface area contributed by atoms with Gasteiger partial charge in [0.1, 0.15) is 6.04 Å². The molecule has 98 valence electrons. The smallest absolute Gasteiger partial charge is 0.323 e. The minimum Gasteiger partial charge on any atom is -0.481 e. The van der Waals surface area contributed by atoms with Crippen LogP contribution in [0.4, 0.5) is 0 Å². The number of esters is 1. The molecule has 0 saturated carbocycles. The fourth-order valence-corrected chi connectivity index (χ4v) is 1.49. The van der Waals surface area contributed by atoms with E-state index in [1.807, 2.05) is 30.3 Å². The third-order valence-electron chi connectivity index (χ3n) is 2.35. The Bertz CT molecular complexity index is 391. The molecule has 1 rings (SSSR count). The summed E-state index contributed by atoms with van der Waals surface area (Å²) in [5, 5.41) is 11.6. The molecule has 0 fully saturated rings. The van der Waals surface area contributed by atoms with Crippen molar-refractivity contribution in [2.24, 2.45) is 0 Å². The van der Waals surface area contributed by atoms with Gasteiger partial charge in [0.25, 0.3) is 0 Å². The molecule has 0 aliphatic carbocycles. The van der Waals surface area contributed by atoms with Gasteiger partial charge < -0.3 is 9.84 Å². The molecule has 1 atom stereocenters. The maximum Gasteiger partial charge on any atom is 0.323 e. The third-order valence-corrected chi connectivity index (χ3v) is 2.35. The van der Waals surface area contributed by atoms with E-state index < -0.39 is 18.0 Å². The van der Waals surface area contributed by atoms with Gasteiger partial charge in [-0.15, -0.1) is 0 Å². The van der Waals surface area contributed by atoms with E-state index in [9.17, 15) is 9.59 Å². The van der Waals surface area contributed by atoms with Crippen LogP contribution in [0, 0.1) is 0 Å². The number of carbonyl (C=O) groups excluding carboxylic acids is 1. The van der Waals surface area contributed by atoms with E-state index in [1.165, 1.54) is 0 Å². The number of carboxylic acids is 1. The van der Waals surface area contributed by atoms with Crippen molar-refractivity contribution in [3.63, 3.8) is 0 Å². The number of carbonyl (C=O) groups is 2. The highest BCUT2D eigenvalue weighted by atomic mass is 16.5. The largest absolute Gasteiger partial charge is 0.481 e. The lowest BCUT2D eigenvalue weighted by Crippen LogP contribution is -2.39. The number of carboxylic acid groups (broad SMARTS) is 1. The van der Waals surface area contributed by atoms with Crippen molar-refractivity contribution < 1.29 is 19.4 Å². The van der Waals surface area contributed by atoms with Crippen LogP contribution >= 0.6 is 0 Å². The number of nitrogens with one attached hydrogen (secondary N) is 1. The Kier molecular flexibility index (Phi) is 5.87. The average Bonchev–Trinajstić information content (AvgIpc) is 2.35. The highest BCUT2D eigenvalue weighted by molar-refractivity contribution is 5.81. The molecule has 18 heavy (non-hydrogen) atoms. The van der Waals surface area contributed by atoms with E-state index in [-0.39, 0.29) is 13.0 Å². The van der Waals surface area contributed by atoms with Crippen LogP contribution in [0.25, 0.3) is 0 Å². The fraction of sp³-hybridized carbons (Fsp3) is 0.385. The molecule has 0 unspecified atom stereocenters. The summed E-state index contributed by atoms with van der Waals surface area (Å²) in [6.07, 6.45) is -0.286. The van der Waals surface area contributed by atoms with Gasteiger partial charge in [-0.3, -0.25) is 14.9 Å². The van der Waals surface area contributed by atoms with Crippen LogP contribution < -0.4 is 5.32 Å². The predicted molar refractivity (Wildman–Crippen MR) is 66.0 cm³/mol. The lowest BCUT2D eigenvalue weighted by Gasteiger charge is -2.15. The summed E-state index contributed by atoms with van der Waals surface area (Å²) in [5.41, 5.74) is 0.984. The highest BCUT2D eigenvalue weighted by Gasteiger charge is 2.22. The average molecular weight is 251 g/mol. The molecular weight excluding hydrogens is 234 g/mol. The number of ether oxygens (including phenoxy) is 1. The molecule has 0 aliphatic heterocycles. The van der Waals surface area contributed by atoms with E-state index >= 15 is 0 Å². The zero-order chi connectivity index (χ0) is 13.4. The summed E-state index contributed by atoms with van der Waals surface area (Å²) in [6.45, 7) is 2.35. The van der Waals surface area contributed by atoms with E-state index in [2.05, 4.69) is 5.32 Å². The molecular formula is C13H17NO4. The molecule has 0 heterocycles. The molecule has 0 radical (unpaired) electrons. The van der Waals surface area contributed by atoms with Crippen LogP contribution in [0.1, 0.15) is 18.9 Å². The zero-order valence-corrected chi connectivity index (χ0v) is 10.3. The minimum atomic E-state index is -1.03. The van der Waals surface area contributed by atoms with Gasteiger partial charge >= 0.3 is 11.9 Å². The lowest BCUT2D eigenvalue weighted by atomic mass is 10.1. The molecule has 0 amide bonds. The molecule has 0 saturated heterocycles. The molecule has 1 aromatic rings.